The number of amides is 1. The summed E-state index contributed by atoms with van der Waals surface area (Å²) in [7, 11) is 5.44. The van der Waals surface area contributed by atoms with Crippen LogP contribution in [0, 0.1) is 5.92 Å². The van der Waals surface area contributed by atoms with E-state index in [4.69, 9.17) is 9.47 Å². The van der Waals surface area contributed by atoms with Crippen LogP contribution in [0.3, 0.4) is 0 Å². The number of piperidine rings is 1. The standard InChI is InChI=1S/C25H31N3O3/c1-27-16-20(23-14-22(31-3)7-8-24(23)27)17-28-11-9-19(10-12-28)25(29)26-15-18-5-4-6-21(13-18)30-2/h4-8,13-14,16,19H,9-12,15,17H2,1-3H3,(H,26,29). The molecule has 4 rings (SSSR count). The van der Waals surface area contributed by atoms with Gasteiger partial charge in [0.15, 0.2) is 0 Å². The number of hydrogen-bond donors (Lipinski definition) is 1. The number of nitrogens with zero attached hydrogens (tertiary/aromatic N) is 2. The molecule has 0 unspecified atom stereocenters. The molecule has 1 aliphatic rings. The first-order chi connectivity index (χ1) is 15.1. The molecule has 0 saturated carbocycles. The third-order valence-corrected chi connectivity index (χ3v) is 6.23. The number of nitrogens with one attached hydrogen (secondary N) is 1. The number of benzene rings is 2. The normalized spacial score (nSPS) is 15.2. The van der Waals surface area contributed by atoms with Gasteiger partial charge >= 0.3 is 0 Å². The second kappa shape index (κ2) is 9.43. The Bertz CT molecular complexity index is 1050. The summed E-state index contributed by atoms with van der Waals surface area (Å²) < 4.78 is 12.8. The van der Waals surface area contributed by atoms with E-state index in [1.54, 1.807) is 14.2 Å². The molecular weight excluding hydrogens is 390 g/mol. The molecule has 0 bridgehead atoms. The van der Waals surface area contributed by atoms with Crippen molar-refractivity contribution in [2.45, 2.75) is 25.9 Å². The average molecular weight is 422 g/mol. The van der Waals surface area contributed by atoms with E-state index in [2.05, 4.69) is 40.2 Å². The Morgan fingerprint density at radius 2 is 1.81 bits per heavy atom. The number of ether oxygens (including phenoxy) is 2. The topological polar surface area (TPSA) is 55.7 Å². The van der Waals surface area contributed by atoms with Gasteiger partial charge in [-0.15, -0.1) is 0 Å². The lowest BCUT2D eigenvalue weighted by Gasteiger charge is -2.31. The molecule has 0 radical (unpaired) electrons. The van der Waals surface area contributed by atoms with Crippen LogP contribution in [0.2, 0.25) is 0 Å². The van der Waals surface area contributed by atoms with Crippen molar-refractivity contribution < 1.29 is 14.3 Å². The molecule has 164 valence electrons. The van der Waals surface area contributed by atoms with E-state index in [0.29, 0.717) is 6.54 Å². The Kier molecular flexibility index (Phi) is 6.47. The summed E-state index contributed by atoms with van der Waals surface area (Å²) in [6.07, 6.45) is 3.98. The number of aromatic nitrogens is 1. The number of aryl methyl sites for hydroxylation is 1. The first kappa shape index (κ1) is 21.2. The Balaban J connectivity index is 1.31. The molecule has 0 aliphatic carbocycles. The van der Waals surface area contributed by atoms with Gasteiger partial charge in [-0.25, -0.2) is 0 Å². The Morgan fingerprint density at radius 3 is 2.55 bits per heavy atom. The zero-order chi connectivity index (χ0) is 21.8. The van der Waals surface area contributed by atoms with E-state index in [1.807, 2.05) is 30.3 Å². The molecule has 3 aromatic rings. The molecule has 1 saturated heterocycles. The number of likely N-dealkylation sites (tertiary alicyclic amines) is 1. The maximum atomic E-state index is 12.7. The Morgan fingerprint density at radius 1 is 1.06 bits per heavy atom. The van der Waals surface area contributed by atoms with E-state index in [-0.39, 0.29) is 11.8 Å². The summed E-state index contributed by atoms with van der Waals surface area (Å²) in [5.41, 5.74) is 3.57. The molecule has 1 aromatic heterocycles. The monoisotopic (exact) mass is 421 g/mol. The molecule has 1 amide bonds. The smallest absolute Gasteiger partial charge is 0.223 e. The highest BCUT2D eigenvalue weighted by atomic mass is 16.5. The van der Waals surface area contributed by atoms with E-state index in [0.717, 1.165) is 49.5 Å². The summed E-state index contributed by atoms with van der Waals surface area (Å²) in [5.74, 6) is 1.92. The Labute approximate surface area is 183 Å². The van der Waals surface area contributed by atoms with Gasteiger partial charge in [0.1, 0.15) is 11.5 Å². The summed E-state index contributed by atoms with van der Waals surface area (Å²) in [6, 6.07) is 14.0. The highest BCUT2D eigenvalue weighted by Gasteiger charge is 2.25. The molecular formula is C25H31N3O3. The van der Waals surface area contributed by atoms with Crippen LogP contribution in [-0.2, 0) is 24.9 Å². The molecule has 6 heteroatoms. The van der Waals surface area contributed by atoms with Gasteiger partial charge in [0.05, 0.1) is 14.2 Å². The van der Waals surface area contributed by atoms with Crippen molar-refractivity contribution in [3.8, 4) is 11.5 Å². The molecule has 0 spiro atoms. The summed E-state index contributed by atoms with van der Waals surface area (Å²) >= 11 is 0. The maximum absolute atomic E-state index is 12.7. The van der Waals surface area contributed by atoms with Gasteiger partial charge in [-0.3, -0.25) is 9.69 Å². The first-order valence-electron chi connectivity index (χ1n) is 10.8. The molecule has 1 fully saturated rings. The lowest BCUT2D eigenvalue weighted by atomic mass is 9.95. The fraction of sp³-hybridized carbons (Fsp3) is 0.400. The SMILES string of the molecule is COc1cccc(CNC(=O)C2CCN(Cc3cn(C)c4ccc(OC)cc34)CC2)c1. The van der Waals surface area contributed by atoms with Crippen LogP contribution in [0.15, 0.2) is 48.7 Å². The first-order valence-corrected chi connectivity index (χ1v) is 10.8. The minimum atomic E-state index is 0.0782. The second-order valence-corrected chi connectivity index (χ2v) is 8.27. The zero-order valence-electron chi connectivity index (χ0n) is 18.6. The van der Waals surface area contributed by atoms with Gasteiger partial charge in [-0.05, 0) is 67.4 Å². The fourth-order valence-electron chi connectivity index (χ4n) is 4.42. The van der Waals surface area contributed by atoms with Crippen molar-refractivity contribution in [2.75, 3.05) is 27.3 Å². The number of methoxy groups -OCH3 is 2. The quantitative estimate of drug-likeness (QED) is 0.632. The summed E-state index contributed by atoms with van der Waals surface area (Å²) in [6.45, 7) is 3.28. The number of hydrogen-bond acceptors (Lipinski definition) is 4. The number of fused-ring (bicyclic) bond motifs is 1. The van der Waals surface area contributed by atoms with Crippen LogP contribution in [0.5, 0.6) is 11.5 Å². The third kappa shape index (κ3) is 4.85. The molecule has 31 heavy (non-hydrogen) atoms. The highest BCUT2D eigenvalue weighted by Crippen LogP contribution is 2.28. The summed E-state index contributed by atoms with van der Waals surface area (Å²) in [4.78, 5) is 15.1. The van der Waals surface area contributed by atoms with E-state index in [1.165, 1.54) is 16.5 Å². The van der Waals surface area contributed by atoms with Gasteiger partial charge in [0, 0.05) is 43.2 Å². The van der Waals surface area contributed by atoms with Crippen molar-refractivity contribution in [1.82, 2.24) is 14.8 Å². The van der Waals surface area contributed by atoms with E-state index in [9.17, 15) is 4.79 Å². The molecule has 0 atom stereocenters. The lowest BCUT2D eigenvalue weighted by molar-refractivity contribution is -0.126. The van der Waals surface area contributed by atoms with Gasteiger partial charge in [-0.1, -0.05) is 12.1 Å². The van der Waals surface area contributed by atoms with Crippen molar-refractivity contribution in [2.24, 2.45) is 13.0 Å². The predicted octanol–water partition coefficient (Wildman–Crippen LogP) is 3.72. The minimum absolute atomic E-state index is 0.0782. The molecule has 6 nitrogen and oxygen atoms in total. The van der Waals surface area contributed by atoms with E-state index < -0.39 is 0 Å². The maximum Gasteiger partial charge on any atom is 0.223 e. The van der Waals surface area contributed by atoms with E-state index >= 15 is 0 Å². The Hall–Kier alpha value is -2.99. The van der Waals surface area contributed by atoms with Gasteiger partial charge in [0.2, 0.25) is 5.91 Å². The van der Waals surface area contributed by atoms with Gasteiger partial charge in [0.25, 0.3) is 0 Å². The lowest BCUT2D eigenvalue weighted by Crippen LogP contribution is -2.40. The third-order valence-electron chi connectivity index (χ3n) is 6.23. The fourth-order valence-corrected chi connectivity index (χ4v) is 4.42. The summed E-state index contributed by atoms with van der Waals surface area (Å²) in [5, 5.41) is 4.33. The predicted molar refractivity (Wildman–Crippen MR) is 122 cm³/mol. The van der Waals surface area contributed by atoms with Crippen LogP contribution in [0.1, 0.15) is 24.0 Å². The molecule has 2 aromatic carbocycles. The molecule has 2 heterocycles. The van der Waals surface area contributed by atoms with Crippen molar-refractivity contribution in [3.63, 3.8) is 0 Å². The van der Waals surface area contributed by atoms with Crippen LogP contribution >= 0.6 is 0 Å². The average Bonchev–Trinajstić information content (AvgIpc) is 3.12. The van der Waals surface area contributed by atoms with Crippen molar-refractivity contribution in [1.29, 1.82) is 0 Å². The van der Waals surface area contributed by atoms with Crippen LogP contribution < -0.4 is 14.8 Å². The van der Waals surface area contributed by atoms with Gasteiger partial charge in [-0.2, -0.15) is 0 Å². The van der Waals surface area contributed by atoms with Crippen LogP contribution in [0.25, 0.3) is 10.9 Å². The molecule has 1 N–H and O–H groups in total. The number of rotatable bonds is 7. The zero-order valence-corrected chi connectivity index (χ0v) is 18.6. The van der Waals surface area contributed by atoms with Crippen LogP contribution in [-0.4, -0.2) is 42.7 Å². The van der Waals surface area contributed by atoms with Crippen molar-refractivity contribution >= 4 is 16.8 Å². The number of carbonyl (C=O) groups is 1. The van der Waals surface area contributed by atoms with Crippen LogP contribution in [0.4, 0.5) is 0 Å². The van der Waals surface area contributed by atoms with Crippen molar-refractivity contribution in [3.05, 3.63) is 59.8 Å². The number of carbonyl (C=O) groups excluding carboxylic acids is 1. The van der Waals surface area contributed by atoms with Gasteiger partial charge < -0.3 is 19.4 Å². The minimum Gasteiger partial charge on any atom is -0.497 e. The highest BCUT2D eigenvalue weighted by molar-refractivity contribution is 5.85. The largest absolute Gasteiger partial charge is 0.497 e. The molecule has 1 aliphatic heterocycles. The second-order valence-electron chi connectivity index (χ2n) is 8.27.